The first-order chi connectivity index (χ1) is 16.5. The normalized spacial score (nSPS) is 28.3. The average molecular weight is 502 g/mol. The summed E-state index contributed by atoms with van der Waals surface area (Å²) < 4.78 is 28.2. The number of sulfonamides is 1. The van der Waals surface area contributed by atoms with Crippen LogP contribution in [0.15, 0.2) is 59.5 Å². The maximum Gasteiger partial charge on any atom is 0.240 e. The van der Waals surface area contributed by atoms with Gasteiger partial charge in [-0.25, -0.2) is 13.1 Å². The van der Waals surface area contributed by atoms with Crippen molar-refractivity contribution in [3.05, 3.63) is 65.2 Å². The second-order valence-corrected chi connectivity index (χ2v) is 12.6. The van der Waals surface area contributed by atoms with E-state index in [1.807, 2.05) is 0 Å². The van der Waals surface area contributed by atoms with Gasteiger partial charge in [-0.05, 0) is 99.3 Å². The van der Waals surface area contributed by atoms with Crippen LogP contribution in [0, 0.1) is 17.8 Å². The minimum absolute atomic E-state index is 0.279. The zero-order valence-corrected chi connectivity index (χ0v) is 21.4. The van der Waals surface area contributed by atoms with E-state index in [1.54, 1.807) is 24.3 Å². The van der Waals surface area contributed by atoms with E-state index in [1.165, 1.54) is 50.9 Å². The van der Waals surface area contributed by atoms with Crippen molar-refractivity contribution in [2.45, 2.75) is 43.0 Å². The van der Waals surface area contributed by atoms with Crippen LogP contribution in [0.1, 0.15) is 31.2 Å². The summed E-state index contributed by atoms with van der Waals surface area (Å²) in [7, 11) is -3.50. The van der Waals surface area contributed by atoms with Crippen LogP contribution >= 0.6 is 11.6 Å². The molecule has 4 fully saturated rings. The topological polar surface area (TPSA) is 52.7 Å². The Labute approximate surface area is 209 Å². The second-order valence-electron chi connectivity index (χ2n) is 10.4. The Balaban J connectivity index is 1.08. The van der Waals surface area contributed by atoms with E-state index < -0.39 is 10.0 Å². The van der Waals surface area contributed by atoms with Gasteiger partial charge in [-0.2, -0.15) is 0 Å². The van der Waals surface area contributed by atoms with Crippen molar-refractivity contribution in [2.24, 2.45) is 17.8 Å². The van der Waals surface area contributed by atoms with Crippen LogP contribution in [0.5, 0.6) is 0 Å². The summed E-state index contributed by atoms with van der Waals surface area (Å²) in [6.07, 6.45) is 6.15. The average Bonchev–Trinajstić information content (AvgIpc) is 2.86. The van der Waals surface area contributed by atoms with E-state index in [0.717, 1.165) is 25.4 Å². The van der Waals surface area contributed by atoms with Crippen LogP contribution in [0.4, 0.5) is 0 Å². The zero-order chi connectivity index (χ0) is 23.5. The summed E-state index contributed by atoms with van der Waals surface area (Å²) in [5.74, 6) is 2.23. The van der Waals surface area contributed by atoms with Crippen LogP contribution < -0.4 is 4.72 Å². The number of benzene rings is 2. The molecule has 1 N–H and O–H groups in total. The number of piperidine rings is 4. The number of likely N-dealkylation sites (tertiary alicyclic amines) is 1. The smallest absolute Gasteiger partial charge is 0.240 e. The van der Waals surface area contributed by atoms with E-state index in [9.17, 15) is 8.42 Å². The molecule has 5 nitrogen and oxygen atoms in total. The molecule has 2 aromatic rings. The van der Waals surface area contributed by atoms with Crippen LogP contribution in [0.2, 0.25) is 5.02 Å². The van der Waals surface area contributed by atoms with Crippen molar-refractivity contribution in [1.82, 2.24) is 14.5 Å². The molecular formula is C27H36ClN3O2S. The monoisotopic (exact) mass is 501 g/mol. The Morgan fingerprint density at radius 3 is 2.35 bits per heavy atom. The first-order valence-corrected chi connectivity index (χ1v) is 14.6. The van der Waals surface area contributed by atoms with Gasteiger partial charge >= 0.3 is 0 Å². The maximum absolute atomic E-state index is 12.7. The summed E-state index contributed by atoms with van der Waals surface area (Å²) in [5.41, 5.74) is 1.47. The molecule has 4 atom stereocenters. The van der Waals surface area contributed by atoms with E-state index in [2.05, 4.69) is 44.9 Å². The molecule has 0 amide bonds. The molecule has 0 saturated carbocycles. The number of rotatable bonds is 8. The van der Waals surface area contributed by atoms with Gasteiger partial charge in [-0.3, -0.25) is 4.90 Å². The third kappa shape index (κ3) is 5.85. The first-order valence-electron chi connectivity index (χ1n) is 12.7. The fourth-order valence-corrected chi connectivity index (χ4v) is 7.42. The number of fused-ring (bicyclic) bond motifs is 3. The molecule has 4 saturated heterocycles. The predicted octanol–water partition coefficient (Wildman–Crippen LogP) is 4.28. The highest BCUT2D eigenvalue weighted by Gasteiger charge is 2.41. The SMILES string of the molecule is O=S(=O)(NCC1CC2CCN1CC2CN1CCC(Cc2ccccc2)CC1)c1ccc(Cl)cc1. The van der Waals surface area contributed by atoms with Crippen molar-refractivity contribution in [3.8, 4) is 0 Å². The molecule has 0 aliphatic carbocycles. The van der Waals surface area contributed by atoms with E-state index in [-0.39, 0.29) is 4.90 Å². The first kappa shape index (κ1) is 24.3. The Morgan fingerprint density at radius 1 is 0.941 bits per heavy atom. The molecule has 184 valence electrons. The van der Waals surface area contributed by atoms with E-state index >= 15 is 0 Å². The van der Waals surface area contributed by atoms with E-state index in [4.69, 9.17) is 11.6 Å². The van der Waals surface area contributed by atoms with Gasteiger partial charge in [-0.1, -0.05) is 41.9 Å². The number of nitrogens with zero attached hydrogens (tertiary/aromatic N) is 2. The van der Waals surface area contributed by atoms with Gasteiger partial charge in [0, 0.05) is 30.7 Å². The Bertz CT molecular complexity index is 1040. The minimum atomic E-state index is -3.50. The lowest BCUT2D eigenvalue weighted by Crippen LogP contribution is -2.58. The molecule has 0 aromatic heterocycles. The molecule has 4 heterocycles. The summed E-state index contributed by atoms with van der Waals surface area (Å²) in [4.78, 5) is 5.49. The van der Waals surface area contributed by atoms with Gasteiger partial charge in [0.25, 0.3) is 0 Å². The molecule has 7 heteroatoms. The Kier molecular flexibility index (Phi) is 7.61. The van der Waals surface area contributed by atoms with Crippen LogP contribution in [0.25, 0.3) is 0 Å². The molecule has 6 rings (SSSR count). The van der Waals surface area contributed by atoms with Crippen LogP contribution in [-0.2, 0) is 16.4 Å². The lowest BCUT2D eigenvalue weighted by molar-refractivity contribution is -0.0139. The number of halogens is 1. The fourth-order valence-electron chi connectivity index (χ4n) is 6.22. The highest BCUT2D eigenvalue weighted by Crippen LogP contribution is 2.37. The van der Waals surface area contributed by atoms with Crippen LogP contribution in [-0.4, -0.2) is 63.5 Å². The van der Waals surface area contributed by atoms with Crippen LogP contribution in [0.3, 0.4) is 0 Å². The zero-order valence-electron chi connectivity index (χ0n) is 19.8. The molecule has 0 spiro atoms. The largest absolute Gasteiger partial charge is 0.303 e. The van der Waals surface area contributed by atoms with Crippen molar-refractivity contribution >= 4 is 21.6 Å². The summed E-state index contributed by atoms with van der Waals surface area (Å²) in [6, 6.07) is 17.6. The van der Waals surface area contributed by atoms with Gasteiger partial charge in [-0.15, -0.1) is 0 Å². The summed E-state index contributed by atoms with van der Waals surface area (Å²) >= 11 is 5.90. The minimum Gasteiger partial charge on any atom is -0.303 e. The van der Waals surface area contributed by atoms with Crippen molar-refractivity contribution in [2.75, 3.05) is 39.3 Å². The molecule has 2 aromatic carbocycles. The molecule has 4 unspecified atom stereocenters. The second kappa shape index (κ2) is 10.7. The molecule has 0 radical (unpaired) electrons. The molecule has 4 aliphatic heterocycles. The predicted molar refractivity (Wildman–Crippen MR) is 138 cm³/mol. The van der Waals surface area contributed by atoms with Gasteiger partial charge in [0.05, 0.1) is 4.90 Å². The van der Waals surface area contributed by atoms with Crippen molar-refractivity contribution in [3.63, 3.8) is 0 Å². The molecule has 2 bridgehead atoms. The standard InChI is InChI=1S/C27H36ClN3O2S/c28-25-6-8-27(9-7-25)34(32,33)29-18-26-17-23-12-15-31(26)20-24(23)19-30-13-10-22(11-14-30)16-21-4-2-1-3-5-21/h1-9,22-24,26,29H,10-20H2. The van der Waals surface area contributed by atoms with Crippen molar-refractivity contribution < 1.29 is 8.42 Å². The van der Waals surface area contributed by atoms with E-state index in [0.29, 0.717) is 29.4 Å². The number of nitrogens with one attached hydrogen (secondary N) is 1. The summed E-state index contributed by atoms with van der Waals surface area (Å²) in [6.45, 7) is 6.30. The highest BCUT2D eigenvalue weighted by atomic mass is 35.5. The summed E-state index contributed by atoms with van der Waals surface area (Å²) in [5, 5.41) is 0.543. The van der Waals surface area contributed by atoms with Crippen molar-refractivity contribution in [1.29, 1.82) is 0 Å². The lowest BCUT2D eigenvalue weighted by Gasteiger charge is -2.51. The molecule has 4 aliphatic rings. The fraction of sp³-hybridized carbons (Fsp3) is 0.556. The quantitative estimate of drug-likeness (QED) is 0.586. The third-order valence-corrected chi connectivity index (χ3v) is 9.91. The molecule has 34 heavy (non-hydrogen) atoms. The maximum atomic E-state index is 12.7. The molecular weight excluding hydrogens is 466 g/mol. The number of hydrogen-bond donors (Lipinski definition) is 1. The highest BCUT2D eigenvalue weighted by molar-refractivity contribution is 7.89. The Morgan fingerprint density at radius 2 is 1.68 bits per heavy atom. The Hall–Kier alpha value is -1.44. The lowest BCUT2D eigenvalue weighted by atomic mass is 9.75. The van der Waals surface area contributed by atoms with Gasteiger partial charge in [0.1, 0.15) is 0 Å². The van der Waals surface area contributed by atoms with Gasteiger partial charge < -0.3 is 4.90 Å². The number of hydrogen-bond acceptors (Lipinski definition) is 4. The van der Waals surface area contributed by atoms with Gasteiger partial charge in [0.2, 0.25) is 10.0 Å². The third-order valence-electron chi connectivity index (χ3n) is 8.21. The van der Waals surface area contributed by atoms with Gasteiger partial charge in [0.15, 0.2) is 0 Å².